The predicted molar refractivity (Wildman–Crippen MR) is 83.4 cm³/mol. The lowest BCUT2D eigenvalue weighted by Crippen LogP contribution is -2.46. The molecule has 4 unspecified atom stereocenters. The van der Waals surface area contributed by atoms with Crippen molar-refractivity contribution in [2.45, 2.75) is 50.8 Å². The summed E-state index contributed by atoms with van der Waals surface area (Å²) in [6, 6.07) is 6.59. The van der Waals surface area contributed by atoms with Gasteiger partial charge in [0.25, 0.3) is 0 Å². The zero-order chi connectivity index (χ0) is 15.4. The molecule has 1 aliphatic rings. The van der Waals surface area contributed by atoms with Gasteiger partial charge in [0.15, 0.2) is 0 Å². The van der Waals surface area contributed by atoms with Crippen LogP contribution in [0.1, 0.15) is 44.2 Å². The highest BCUT2D eigenvalue weighted by molar-refractivity contribution is 5.21. The average Bonchev–Trinajstić information content (AvgIpc) is 2.47. The molecular formula is C17H27FN2O. The van der Waals surface area contributed by atoms with Gasteiger partial charge in [-0.05, 0) is 31.9 Å². The van der Waals surface area contributed by atoms with Crippen molar-refractivity contribution in [1.82, 2.24) is 4.90 Å². The van der Waals surface area contributed by atoms with E-state index in [0.29, 0.717) is 5.56 Å². The van der Waals surface area contributed by atoms with Crippen LogP contribution < -0.4 is 5.73 Å². The molecule has 1 fully saturated rings. The quantitative estimate of drug-likeness (QED) is 0.878. The van der Waals surface area contributed by atoms with E-state index in [9.17, 15) is 9.50 Å². The molecule has 0 amide bonds. The van der Waals surface area contributed by atoms with Crippen molar-refractivity contribution in [2.24, 2.45) is 11.7 Å². The summed E-state index contributed by atoms with van der Waals surface area (Å²) in [5, 5.41) is 10.1. The van der Waals surface area contributed by atoms with Gasteiger partial charge in [0.2, 0.25) is 0 Å². The van der Waals surface area contributed by atoms with E-state index in [1.807, 2.05) is 20.0 Å². The Morgan fingerprint density at radius 1 is 1.33 bits per heavy atom. The maximum Gasteiger partial charge on any atom is 0.127 e. The molecule has 3 nitrogen and oxygen atoms in total. The normalized spacial score (nSPS) is 25.8. The summed E-state index contributed by atoms with van der Waals surface area (Å²) in [5.74, 6) is -0.113. The van der Waals surface area contributed by atoms with Gasteiger partial charge in [-0.2, -0.15) is 0 Å². The Bertz CT molecular complexity index is 454. The van der Waals surface area contributed by atoms with E-state index in [2.05, 4.69) is 4.90 Å². The molecule has 1 aliphatic carbocycles. The number of nitrogens with two attached hydrogens (primary N) is 1. The minimum atomic E-state index is -0.325. The molecule has 1 aromatic rings. The summed E-state index contributed by atoms with van der Waals surface area (Å²) in [4.78, 5) is 2.19. The third kappa shape index (κ3) is 4.02. The molecule has 0 aliphatic heterocycles. The Kier molecular flexibility index (Phi) is 5.73. The van der Waals surface area contributed by atoms with Crippen molar-refractivity contribution in [3.05, 3.63) is 35.6 Å². The van der Waals surface area contributed by atoms with Crippen molar-refractivity contribution >= 4 is 0 Å². The lowest BCUT2D eigenvalue weighted by Gasteiger charge is -2.37. The highest BCUT2D eigenvalue weighted by Gasteiger charge is 2.28. The third-order valence-electron chi connectivity index (χ3n) is 4.71. The molecule has 3 N–H and O–H groups in total. The summed E-state index contributed by atoms with van der Waals surface area (Å²) < 4.78 is 13.8. The fraction of sp³-hybridized carbons (Fsp3) is 0.647. The fourth-order valence-electron chi connectivity index (χ4n) is 3.36. The van der Waals surface area contributed by atoms with Crippen LogP contribution in [-0.2, 0) is 0 Å². The first kappa shape index (κ1) is 16.4. The largest absolute Gasteiger partial charge is 0.391 e. The monoisotopic (exact) mass is 294 g/mol. The van der Waals surface area contributed by atoms with Gasteiger partial charge in [-0.15, -0.1) is 0 Å². The zero-order valence-electron chi connectivity index (χ0n) is 13.0. The van der Waals surface area contributed by atoms with E-state index in [1.165, 1.54) is 12.5 Å². The molecule has 118 valence electrons. The summed E-state index contributed by atoms with van der Waals surface area (Å²) in [7, 11) is 2.03. The number of rotatable bonds is 5. The lowest BCUT2D eigenvalue weighted by atomic mass is 9.89. The Labute approximate surface area is 126 Å². The van der Waals surface area contributed by atoms with Crippen LogP contribution in [0, 0.1) is 11.7 Å². The second kappa shape index (κ2) is 7.34. The Morgan fingerprint density at radius 2 is 2.00 bits per heavy atom. The van der Waals surface area contributed by atoms with Crippen LogP contribution in [0.25, 0.3) is 0 Å². The molecule has 0 bridgehead atoms. The Morgan fingerprint density at radius 3 is 2.67 bits per heavy atom. The van der Waals surface area contributed by atoms with Crippen LogP contribution in [0.3, 0.4) is 0 Å². The maximum absolute atomic E-state index is 13.8. The number of benzene rings is 1. The smallest absolute Gasteiger partial charge is 0.127 e. The van der Waals surface area contributed by atoms with Gasteiger partial charge < -0.3 is 15.7 Å². The molecule has 0 saturated heterocycles. The first-order valence-electron chi connectivity index (χ1n) is 7.89. The first-order chi connectivity index (χ1) is 10.0. The van der Waals surface area contributed by atoms with Crippen LogP contribution >= 0.6 is 0 Å². The van der Waals surface area contributed by atoms with E-state index in [1.54, 1.807) is 12.1 Å². The predicted octanol–water partition coefficient (Wildman–Crippen LogP) is 2.70. The van der Waals surface area contributed by atoms with Crippen molar-refractivity contribution in [1.29, 1.82) is 0 Å². The minimum Gasteiger partial charge on any atom is -0.391 e. The molecule has 2 rings (SSSR count). The summed E-state index contributed by atoms with van der Waals surface area (Å²) in [6.45, 7) is 2.81. The van der Waals surface area contributed by atoms with E-state index in [4.69, 9.17) is 5.73 Å². The van der Waals surface area contributed by atoms with Gasteiger partial charge in [0.05, 0.1) is 6.10 Å². The van der Waals surface area contributed by atoms with Crippen molar-refractivity contribution in [2.75, 3.05) is 13.6 Å². The van der Waals surface area contributed by atoms with Gasteiger partial charge in [-0.3, -0.25) is 0 Å². The number of hydrogen-bond acceptors (Lipinski definition) is 3. The Balaban J connectivity index is 1.97. The van der Waals surface area contributed by atoms with Crippen molar-refractivity contribution < 1.29 is 9.50 Å². The number of nitrogens with zero attached hydrogens (tertiary/aromatic N) is 1. The zero-order valence-corrected chi connectivity index (χ0v) is 13.0. The van der Waals surface area contributed by atoms with Crippen LogP contribution in [0.4, 0.5) is 4.39 Å². The summed E-state index contributed by atoms with van der Waals surface area (Å²) >= 11 is 0. The molecule has 0 aromatic heterocycles. The van der Waals surface area contributed by atoms with Crippen LogP contribution in [-0.4, -0.2) is 35.7 Å². The third-order valence-corrected chi connectivity index (χ3v) is 4.71. The lowest BCUT2D eigenvalue weighted by molar-refractivity contribution is 0.0251. The van der Waals surface area contributed by atoms with Crippen LogP contribution in [0.5, 0.6) is 0 Å². The van der Waals surface area contributed by atoms with Gasteiger partial charge in [0.1, 0.15) is 5.82 Å². The van der Waals surface area contributed by atoms with Crippen molar-refractivity contribution in [3.8, 4) is 0 Å². The summed E-state index contributed by atoms with van der Waals surface area (Å²) in [6.07, 6.45) is 3.93. The molecule has 0 heterocycles. The number of hydrogen-bond donors (Lipinski definition) is 2. The van der Waals surface area contributed by atoms with Crippen molar-refractivity contribution in [3.63, 3.8) is 0 Å². The first-order valence-corrected chi connectivity index (χ1v) is 7.89. The minimum absolute atomic E-state index is 0.126. The number of halogens is 1. The van der Waals surface area contributed by atoms with E-state index < -0.39 is 0 Å². The van der Waals surface area contributed by atoms with E-state index >= 15 is 0 Å². The van der Waals surface area contributed by atoms with Gasteiger partial charge >= 0.3 is 0 Å². The Hall–Kier alpha value is -0.970. The maximum atomic E-state index is 13.8. The molecule has 0 spiro atoms. The van der Waals surface area contributed by atoms with E-state index in [-0.39, 0.29) is 29.9 Å². The second-order valence-corrected chi connectivity index (χ2v) is 6.38. The second-order valence-electron chi connectivity index (χ2n) is 6.38. The molecule has 1 aromatic carbocycles. The van der Waals surface area contributed by atoms with Gasteiger partial charge in [-0.1, -0.05) is 38.0 Å². The number of aliphatic hydroxyl groups is 1. The van der Waals surface area contributed by atoms with E-state index in [0.717, 1.165) is 25.8 Å². The van der Waals surface area contributed by atoms with Gasteiger partial charge in [-0.25, -0.2) is 4.39 Å². The fourth-order valence-corrected chi connectivity index (χ4v) is 3.36. The molecular weight excluding hydrogens is 267 g/mol. The molecule has 0 radical (unpaired) electrons. The summed E-state index contributed by atoms with van der Waals surface area (Å²) in [5.41, 5.74) is 6.79. The van der Waals surface area contributed by atoms with Crippen LogP contribution in [0.2, 0.25) is 0 Å². The van der Waals surface area contributed by atoms with Gasteiger partial charge in [0, 0.05) is 24.2 Å². The molecule has 1 saturated carbocycles. The SMILES string of the molecule is CC(CN(C)C1CCCCC1O)C(N)c1ccccc1F. The highest BCUT2D eigenvalue weighted by atomic mass is 19.1. The molecule has 21 heavy (non-hydrogen) atoms. The number of likely N-dealkylation sites (N-methyl/N-ethyl adjacent to an activating group) is 1. The average molecular weight is 294 g/mol. The number of aliphatic hydroxyl groups excluding tert-OH is 1. The highest BCUT2D eigenvalue weighted by Crippen LogP contribution is 2.26. The standard InChI is InChI=1S/C17H27FN2O/c1-12(17(19)13-7-3-4-8-14(13)18)11-20(2)15-9-5-6-10-16(15)21/h3-4,7-8,12,15-17,21H,5-6,9-11,19H2,1-2H3. The topological polar surface area (TPSA) is 49.5 Å². The van der Waals surface area contributed by atoms with Crippen LogP contribution in [0.15, 0.2) is 24.3 Å². The molecule has 4 heteroatoms. The molecule has 4 atom stereocenters.